The number of Topliss-reactive ketones (excluding diaryl/α,β-unsaturated/α-hetero) is 1. The van der Waals surface area contributed by atoms with Crippen LogP contribution in [-0.2, 0) is 33.3 Å². The third-order valence-corrected chi connectivity index (χ3v) is 10.5. The number of ketones is 1. The third-order valence-electron chi connectivity index (χ3n) is 10.5. The highest BCUT2D eigenvalue weighted by molar-refractivity contribution is 6.04. The molecule has 0 aromatic rings. The lowest BCUT2D eigenvalue weighted by atomic mass is 9.74. The van der Waals surface area contributed by atoms with Gasteiger partial charge in [-0.15, -0.1) is 0 Å². The second-order valence-electron chi connectivity index (χ2n) is 15.6. The van der Waals surface area contributed by atoms with Gasteiger partial charge in [0.1, 0.15) is 26.1 Å². The summed E-state index contributed by atoms with van der Waals surface area (Å²) in [5.41, 5.74) is -1.66. The van der Waals surface area contributed by atoms with E-state index in [0.717, 1.165) is 25.1 Å². The van der Waals surface area contributed by atoms with Crippen LogP contribution in [0.15, 0.2) is 0 Å². The maximum atomic E-state index is 14.3. The molecule has 3 heterocycles. The number of carbonyl (C=O) groups excluding carboxylic acids is 3. The number of piperidine rings is 1. The van der Waals surface area contributed by atoms with Crippen molar-refractivity contribution in [2.45, 2.75) is 103 Å². The highest BCUT2D eigenvalue weighted by Crippen LogP contribution is 2.38. The van der Waals surface area contributed by atoms with Crippen LogP contribution in [-0.4, -0.2) is 159 Å². The second kappa shape index (κ2) is 16.2. The number of likely N-dealkylation sites (N-methyl/N-ethyl adjacent to an activating group) is 2. The minimum atomic E-state index is -1.47. The Morgan fingerprint density at radius 1 is 1.13 bits per heavy atom. The SMILES string of the molecule is CO[C@]1(C)C[C@@H](C)CN(C)[C@H]([C@H]2CCCN(C(=O)CN(C)C)C2)COC(=O)C(C)(C)C(=O)[C@H](C)[C@H]1O[C@@H]1O[C@H](C)CC(=[N+](C)C)[C@H]1O. The van der Waals surface area contributed by atoms with Crippen molar-refractivity contribution < 1.29 is 43.0 Å². The van der Waals surface area contributed by atoms with Gasteiger partial charge >= 0.3 is 5.97 Å². The van der Waals surface area contributed by atoms with E-state index in [0.29, 0.717) is 32.5 Å². The van der Waals surface area contributed by atoms with Crippen molar-refractivity contribution in [3.8, 4) is 0 Å². The molecular formula is C35H63N4O8+. The van der Waals surface area contributed by atoms with Crippen LogP contribution < -0.4 is 0 Å². The Balaban J connectivity index is 1.98. The van der Waals surface area contributed by atoms with Gasteiger partial charge in [0.25, 0.3) is 0 Å². The van der Waals surface area contributed by atoms with Crippen LogP contribution in [0.5, 0.6) is 0 Å². The largest absolute Gasteiger partial charge is 0.463 e. The number of cyclic esters (lactones) is 1. The summed E-state index contributed by atoms with van der Waals surface area (Å²) in [6.45, 7) is 13.4. The fraction of sp³-hybridized carbons (Fsp3) is 0.886. The molecule has 0 radical (unpaired) electrons. The Morgan fingerprint density at radius 2 is 1.79 bits per heavy atom. The number of nitrogens with zero attached hydrogens (tertiary/aromatic N) is 4. The molecule has 3 aliphatic rings. The van der Waals surface area contributed by atoms with Crippen molar-refractivity contribution in [2.24, 2.45) is 23.2 Å². The van der Waals surface area contributed by atoms with Gasteiger partial charge in [0.2, 0.25) is 5.91 Å². The van der Waals surface area contributed by atoms with E-state index >= 15 is 0 Å². The molecule has 9 atom stereocenters. The lowest BCUT2D eigenvalue weighted by molar-refractivity contribution is -0.473. The molecule has 3 saturated heterocycles. The van der Waals surface area contributed by atoms with Crippen molar-refractivity contribution >= 4 is 23.4 Å². The van der Waals surface area contributed by atoms with Gasteiger partial charge in [-0.1, -0.05) is 13.8 Å². The standard InChI is InChI=1S/C35H63N4O8/c1-22-17-35(6,44-12)31(47-32-29(41)26(37(9)10)16-23(2)46-32)24(3)30(42)34(4,5)33(43)45-21-27(38(11)18-22)25-14-13-15-39(19-25)28(40)20-36(7)8/h22-25,27,29,31-32,41H,13-21H2,1-12H3/q+1/t22-,23-,24+,25+,27+,29-,31-,32+,35-/m1/s1. The van der Waals surface area contributed by atoms with Crippen LogP contribution in [0.3, 0.4) is 0 Å². The van der Waals surface area contributed by atoms with Crippen molar-refractivity contribution in [1.29, 1.82) is 0 Å². The van der Waals surface area contributed by atoms with Crippen molar-refractivity contribution in [3.05, 3.63) is 0 Å². The average molecular weight is 668 g/mol. The van der Waals surface area contributed by atoms with E-state index < -0.39 is 41.4 Å². The van der Waals surface area contributed by atoms with Gasteiger partial charge in [-0.3, -0.25) is 19.3 Å². The monoisotopic (exact) mass is 667 g/mol. The molecule has 3 fully saturated rings. The molecule has 12 nitrogen and oxygen atoms in total. The summed E-state index contributed by atoms with van der Waals surface area (Å²) in [7, 11) is 11.2. The number of ether oxygens (including phenoxy) is 4. The molecule has 1 amide bonds. The molecule has 0 spiro atoms. The average Bonchev–Trinajstić information content (AvgIpc) is 2.99. The predicted octanol–water partition coefficient (Wildman–Crippen LogP) is 1.90. The van der Waals surface area contributed by atoms with Gasteiger partial charge in [-0.2, -0.15) is 0 Å². The summed E-state index contributed by atoms with van der Waals surface area (Å²) in [6, 6.07) is -0.145. The molecule has 0 unspecified atom stereocenters. The summed E-state index contributed by atoms with van der Waals surface area (Å²) in [6.07, 6.45) is -0.231. The molecule has 0 aromatic carbocycles. The molecular weight excluding hydrogens is 604 g/mol. The molecule has 0 aromatic heterocycles. The molecule has 47 heavy (non-hydrogen) atoms. The number of amides is 1. The minimum absolute atomic E-state index is 0.0837. The number of methoxy groups -OCH3 is 1. The van der Waals surface area contributed by atoms with Crippen LogP contribution >= 0.6 is 0 Å². The summed E-state index contributed by atoms with van der Waals surface area (Å²) < 4.78 is 26.9. The summed E-state index contributed by atoms with van der Waals surface area (Å²) in [5, 5.41) is 11.3. The number of hydrogen-bond donors (Lipinski definition) is 1. The van der Waals surface area contributed by atoms with E-state index in [4.69, 9.17) is 18.9 Å². The number of aliphatic hydroxyl groups is 1. The van der Waals surface area contributed by atoms with Crippen LogP contribution in [0.2, 0.25) is 0 Å². The van der Waals surface area contributed by atoms with E-state index in [-0.39, 0.29) is 42.3 Å². The summed E-state index contributed by atoms with van der Waals surface area (Å²) in [4.78, 5) is 47.0. The van der Waals surface area contributed by atoms with Crippen molar-refractivity contribution in [3.63, 3.8) is 0 Å². The van der Waals surface area contributed by atoms with Crippen molar-refractivity contribution in [2.75, 3.05) is 75.1 Å². The molecule has 0 saturated carbocycles. The molecule has 0 bridgehead atoms. The zero-order valence-corrected chi connectivity index (χ0v) is 31.1. The minimum Gasteiger partial charge on any atom is -0.463 e. The van der Waals surface area contributed by atoms with E-state index in [1.54, 1.807) is 27.9 Å². The highest BCUT2D eigenvalue weighted by atomic mass is 16.7. The normalized spacial score (nSPS) is 36.7. The van der Waals surface area contributed by atoms with Gasteiger partial charge in [0.05, 0.1) is 30.8 Å². The number of aliphatic hydroxyl groups excluding tert-OH is 1. The predicted molar refractivity (Wildman–Crippen MR) is 179 cm³/mol. The first-order chi connectivity index (χ1) is 21.8. The number of hydrogen-bond acceptors (Lipinski definition) is 10. The Kier molecular flexibility index (Phi) is 13.6. The van der Waals surface area contributed by atoms with Gasteiger partial charge in [-0.05, 0) is 79.9 Å². The first-order valence-electron chi connectivity index (χ1n) is 17.2. The van der Waals surface area contributed by atoms with E-state index in [2.05, 4.69) is 11.8 Å². The number of likely N-dealkylation sites (tertiary alicyclic amines) is 1. The van der Waals surface area contributed by atoms with E-state index in [1.807, 2.05) is 63.5 Å². The van der Waals surface area contributed by atoms with Gasteiger partial charge in [0.15, 0.2) is 23.9 Å². The lowest BCUT2D eigenvalue weighted by Crippen LogP contribution is -2.57. The summed E-state index contributed by atoms with van der Waals surface area (Å²) >= 11 is 0. The first-order valence-corrected chi connectivity index (χ1v) is 17.2. The maximum absolute atomic E-state index is 14.3. The first kappa shape index (κ1) is 39.5. The van der Waals surface area contributed by atoms with E-state index in [9.17, 15) is 19.5 Å². The number of esters is 1. The molecule has 3 rings (SSSR count). The maximum Gasteiger partial charge on any atom is 0.319 e. The molecule has 12 heteroatoms. The molecule has 1 N–H and O–H groups in total. The number of carbonyl (C=O) groups is 3. The van der Waals surface area contributed by atoms with Crippen LogP contribution in [0.1, 0.15) is 67.2 Å². The van der Waals surface area contributed by atoms with Crippen LogP contribution in [0, 0.1) is 23.2 Å². The van der Waals surface area contributed by atoms with Crippen LogP contribution in [0.25, 0.3) is 0 Å². The third kappa shape index (κ3) is 9.39. The molecule has 0 aliphatic carbocycles. The fourth-order valence-electron chi connectivity index (χ4n) is 7.80. The second-order valence-corrected chi connectivity index (χ2v) is 15.6. The Bertz CT molecular complexity index is 1140. The van der Waals surface area contributed by atoms with Crippen LogP contribution in [0.4, 0.5) is 0 Å². The Hall–Kier alpha value is -1.96. The molecule has 3 aliphatic heterocycles. The fourth-order valence-corrected chi connectivity index (χ4v) is 7.80. The zero-order chi connectivity index (χ0) is 35.4. The van der Waals surface area contributed by atoms with Gasteiger partial charge in [-0.25, -0.2) is 4.58 Å². The van der Waals surface area contributed by atoms with E-state index in [1.165, 1.54) is 0 Å². The Labute approximate surface area is 282 Å². The van der Waals surface area contributed by atoms with Gasteiger partial charge < -0.3 is 33.9 Å². The summed E-state index contributed by atoms with van der Waals surface area (Å²) in [5.74, 6) is -1.45. The quantitative estimate of drug-likeness (QED) is 0.256. The lowest BCUT2D eigenvalue weighted by Gasteiger charge is -2.45. The molecule has 270 valence electrons. The zero-order valence-electron chi connectivity index (χ0n) is 31.1. The number of rotatable bonds is 6. The van der Waals surface area contributed by atoms with Gasteiger partial charge in [0, 0.05) is 38.7 Å². The topological polar surface area (TPSA) is 121 Å². The smallest absolute Gasteiger partial charge is 0.319 e. The van der Waals surface area contributed by atoms with Crippen molar-refractivity contribution in [1.82, 2.24) is 14.7 Å². The Morgan fingerprint density at radius 3 is 2.38 bits per heavy atom. The highest BCUT2D eigenvalue weighted by Gasteiger charge is 2.52.